The van der Waals surface area contributed by atoms with Gasteiger partial charge < -0.3 is 24.4 Å². The molecule has 2 atom stereocenters. The number of ether oxygens (including phenoxy) is 1. The quantitative estimate of drug-likeness (QED) is 0.339. The highest BCUT2D eigenvalue weighted by atomic mass is 32.1. The standard InChI is InChI=1S/C30H30FN5OS/c1-20-19-26(21(2)35(20)24-12-10-23(11-13-24)34-15-17-37-18-16-34)29-28(27-5-3-4-14-32-27)33-30(38)36(29)25-8-6-22(31)7-9-25/h3-14,19,28-29H,15-18H2,1-2H3,(H,33,38)/t28-,29-/m0/s1. The molecular weight excluding hydrogens is 497 g/mol. The Morgan fingerprint density at radius 1 is 0.921 bits per heavy atom. The summed E-state index contributed by atoms with van der Waals surface area (Å²) in [6.07, 6.45) is 1.80. The van der Waals surface area contributed by atoms with Gasteiger partial charge in [0.15, 0.2) is 5.11 Å². The maximum absolute atomic E-state index is 13.8. The van der Waals surface area contributed by atoms with E-state index in [0.29, 0.717) is 5.11 Å². The molecule has 4 aromatic rings. The lowest BCUT2D eigenvalue weighted by molar-refractivity contribution is 0.122. The molecule has 2 aromatic carbocycles. The van der Waals surface area contributed by atoms with E-state index in [0.717, 1.165) is 60.3 Å². The first-order valence-electron chi connectivity index (χ1n) is 12.9. The molecule has 0 unspecified atom stereocenters. The minimum atomic E-state index is -0.275. The second-order valence-corrected chi connectivity index (χ2v) is 10.1. The van der Waals surface area contributed by atoms with Crippen LogP contribution in [0.3, 0.4) is 0 Å². The Morgan fingerprint density at radius 2 is 1.61 bits per heavy atom. The van der Waals surface area contributed by atoms with Crippen molar-refractivity contribution >= 4 is 28.7 Å². The lowest BCUT2D eigenvalue weighted by Crippen LogP contribution is -2.36. The molecule has 194 valence electrons. The van der Waals surface area contributed by atoms with Gasteiger partial charge in [-0.05, 0) is 98.4 Å². The van der Waals surface area contributed by atoms with Crippen molar-refractivity contribution in [1.29, 1.82) is 0 Å². The fourth-order valence-corrected chi connectivity index (χ4v) is 6.02. The molecule has 6 nitrogen and oxygen atoms in total. The molecule has 0 aliphatic carbocycles. The van der Waals surface area contributed by atoms with E-state index in [2.05, 4.69) is 68.8 Å². The van der Waals surface area contributed by atoms with Crippen molar-refractivity contribution in [2.45, 2.75) is 25.9 Å². The van der Waals surface area contributed by atoms with Gasteiger partial charge in [-0.3, -0.25) is 4.98 Å². The Bertz CT molecular complexity index is 1430. The molecule has 2 aliphatic rings. The predicted octanol–water partition coefficient (Wildman–Crippen LogP) is 5.64. The van der Waals surface area contributed by atoms with Crippen LogP contribution in [0.25, 0.3) is 5.69 Å². The van der Waals surface area contributed by atoms with Crippen LogP contribution in [0.5, 0.6) is 0 Å². The second kappa shape index (κ2) is 10.2. The lowest BCUT2D eigenvalue weighted by Gasteiger charge is -2.29. The second-order valence-electron chi connectivity index (χ2n) is 9.75. The number of rotatable bonds is 5. The van der Waals surface area contributed by atoms with E-state index >= 15 is 0 Å². The summed E-state index contributed by atoms with van der Waals surface area (Å²) >= 11 is 5.84. The highest BCUT2D eigenvalue weighted by Crippen LogP contribution is 2.43. The van der Waals surface area contributed by atoms with E-state index in [1.54, 1.807) is 18.3 Å². The number of halogens is 1. The third-order valence-corrected chi connectivity index (χ3v) is 7.79. The summed E-state index contributed by atoms with van der Waals surface area (Å²) in [5.74, 6) is -0.275. The molecule has 1 N–H and O–H groups in total. The van der Waals surface area contributed by atoms with Crippen LogP contribution in [0.2, 0.25) is 0 Å². The fourth-order valence-electron chi connectivity index (χ4n) is 5.67. The van der Waals surface area contributed by atoms with Crippen LogP contribution < -0.4 is 15.1 Å². The van der Waals surface area contributed by atoms with Crippen LogP contribution >= 0.6 is 12.2 Å². The first-order chi connectivity index (χ1) is 18.5. The largest absolute Gasteiger partial charge is 0.378 e. The number of thiocarbonyl (C=S) groups is 1. The maximum atomic E-state index is 13.8. The monoisotopic (exact) mass is 527 g/mol. The molecule has 2 saturated heterocycles. The van der Waals surface area contributed by atoms with Gasteiger partial charge in [-0.25, -0.2) is 4.39 Å². The Balaban J connectivity index is 1.41. The van der Waals surface area contributed by atoms with Gasteiger partial charge in [0.25, 0.3) is 0 Å². The van der Waals surface area contributed by atoms with Gasteiger partial charge in [0, 0.05) is 47.7 Å². The van der Waals surface area contributed by atoms with Crippen LogP contribution in [-0.4, -0.2) is 41.0 Å². The molecule has 4 heterocycles. The lowest BCUT2D eigenvalue weighted by atomic mass is 9.96. The van der Waals surface area contributed by atoms with Crippen LogP contribution in [0.15, 0.2) is 79.0 Å². The molecule has 0 bridgehead atoms. The Morgan fingerprint density at radius 3 is 2.29 bits per heavy atom. The number of benzene rings is 2. The third kappa shape index (κ3) is 4.44. The van der Waals surface area contributed by atoms with Crippen molar-refractivity contribution in [2.24, 2.45) is 0 Å². The molecule has 2 aromatic heterocycles. The summed E-state index contributed by atoms with van der Waals surface area (Å²) in [5, 5.41) is 4.09. The first kappa shape index (κ1) is 24.6. The van der Waals surface area contributed by atoms with Gasteiger partial charge in [-0.15, -0.1) is 0 Å². The zero-order chi connectivity index (χ0) is 26.2. The molecule has 0 spiro atoms. The Hall–Kier alpha value is -3.75. The topological polar surface area (TPSA) is 45.6 Å². The molecular formula is C30H30FN5OS. The van der Waals surface area contributed by atoms with E-state index in [9.17, 15) is 4.39 Å². The summed E-state index contributed by atoms with van der Waals surface area (Å²) in [7, 11) is 0. The van der Waals surface area contributed by atoms with Gasteiger partial charge in [-0.2, -0.15) is 0 Å². The average Bonchev–Trinajstić information content (AvgIpc) is 3.45. The number of pyridine rings is 1. The van der Waals surface area contributed by atoms with Crippen molar-refractivity contribution in [1.82, 2.24) is 14.9 Å². The number of aryl methyl sites for hydroxylation is 1. The predicted molar refractivity (Wildman–Crippen MR) is 153 cm³/mol. The zero-order valence-corrected chi connectivity index (χ0v) is 22.3. The fraction of sp³-hybridized carbons (Fsp3) is 0.267. The highest BCUT2D eigenvalue weighted by molar-refractivity contribution is 7.80. The highest BCUT2D eigenvalue weighted by Gasteiger charge is 2.42. The Labute approximate surface area is 227 Å². The van der Waals surface area contributed by atoms with Gasteiger partial charge in [0.05, 0.1) is 31.0 Å². The molecule has 2 aliphatic heterocycles. The van der Waals surface area contributed by atoms with Gasteiger partial charge in [0.1, 0.15) is 5.82 Å². The van der Waals surface area contributed by atoms with Crippen molar-refractivity contribution in [3.63, 3.8) is 0 Å². The molecule has 0 amide bonds. The van der Waals surface area contributed by atoms with E-state index in [1.807, 2.05) is 18.2 Å². The SMILES string of the molecule is Cc1cc([C@H]2[C@H](c3ccccn3)NC(=S)N2c2ccc(F)cc2)c(C)n1-c1ccc(N2CCOCC2)cc1. The average molecular weight is 528 g/mol. The Kier molecular flexibility index (Phi) is 6.59. The van der Waals surface area contributed by atoms with Gasteiger partial charge in [-0.1, -0.05) is 6.07 Å². The summed E-state index contributed by atoms with van der Waals surface area (Å²) < 4.78 is 21.6. The summed E-state index contributed by atoms with van der Waals surface area (Å²) in [4.78, 5) is 9.10. The maximum Gasteiger partial charge on any atom is 0.174 e. The molecule has 8 heteroatoms. The number of hydrogen-bond donors (Lipinski definition) is 1. The van der Waals surface area contributed by atoms with Crippen molar-refractivity contribution < 1.29 is 9.13 Å². The summed E-state index contributed by atoms with van der Waals surface area (Å²) in [6.45, 7) is 7.63. The number of hydrogen-bond acceptors (Lipinski definition) is 4. The van der Waals surface area contributed by atoms with Crippen LogP contribution in [0, 0.1) is 19.7 Å². The minimum Gasteiger partial charge on any atom is -0.378 e. The number of nitrogens with one attached hydrogen (secondary N) is 1. The van der Waals surface area contributed by atoms with Crippen molar-refractivity contribution in [2.75, 3.05) is 36.1 Å². The van der Waals surface area contributed by atoms with Gasteiger partial charge in [0.2, 0.25) is 0 Å². The van der Waals surface area contributed by atoms with E-state index < -0.39 is 0 Å². The van der Waals surface area contributed by atoms with E-state index in [1.165, 1.54) is 17.8 Å². The smallest absolute Gasteiger partial charge is 0.174 e. The first-order valence-corrected chi connectivity index (χ1v) is 13.3. The van der Waals surface area contributed by atoms with Crippen LogP contribution in [0.1, 0.15) is 34.7 Å². The van der Waals surface area contributed by atoms with E-state index in [-0.39, 0.29) is 17.9 Å². The van der Waals surface area contributed by atoms with Gasteiger partial charge >= 0.3 is 0 Å². The zero-order valence-electron chi connectivity index (χ0n) is 21.5. The summed E-state index contributed by atoms with van der Waals surface area (Å²) in [6, 6.07) is 23.1. The molecule has 6 rings (SSSR count). The number of anilines is 2. The third-order valence-electron chi connectivity index (χ3n) is 7.48. The molecule has 0 radical (unpaired) electrons. The van der Waals surface area contributed by atoms with Crippen LogP contribution in [-0.2, 0) is 4.74 Å². The molecule has 0 saturated carbocycles. The normalized spacial score (nSPS) is 19.6. The number of aromatic nitrogens is 2. The van der Waals surface area contributed by atoms with Crippen molar-refractivity contribution in [3.05, 3.63) is 107 Å². The van der Waals surface area contributed by atoms with Crippen molar-refractivity contribution in [3.8, 4) is 5.69 Å². The number of morpholine rings is 1. The minimum absolute atomic E-state index is 0.157. The van der Waals surface area contributed by atoms with Crippen LogP contribution in [0.4, 0.5) is 15.8 Å². The van der Waals surface area contributed by atoms with E-state index in [4.69, 9.17) is 17.0 Å². The summed E-state index contributed by atoms with van der Waals surface area (Å²) in [5.41, 5.74) is 7.48. The number of nitrogens with zero attached hydrogens (tertiary/aromatic N) is 4. The molecule has 2 fully saturated rings. The molecule has 38 heavy (non-hydrogen) atoms.